The van der Waals surface area contributed by atoms with Crippen LogP contribution in [0, 0.1) is 0 Å². The van der Waals surface area contributed by atoms with Gasteiger partial charge in [0.05, 0.1) is 5.75 Å². The van der Waals surface area contributed by atoms with Crippen LogP contribution >= 0.6 is 22.6 Å². The van der Waals surface area contributed by atoms with Crippen molar-refractivity contribution in [2.45, 2.75) is 0 Å². The van der Waals surface area contributed by atoms with Crippen LogP contribution in [0.25, 0.3) is 0 Å². The molecule has 0 spiro atoms. The summed E-state index contributed by atoms with van der Waals surface area (Å²) in [6.07, 6.45) is 0. The molecular weight excluding hydrogens is 270 g/mol. The van der Waals surface area contributed by atoms with Crippen LogP contribution in [-0.2, 0) is 10.1 Å². The molecule has 0 rings (SSSR count). The van der Waals surface area contributed by atoms with Crippen LogP contribution in [0.2, 0.25) is 0 Å². The molecule has 0 aliphatic heterocycles. The quantitative estimate of drug-likeness (QED) is 0.261. The molecule has 1 N–H and O–H groups in total. The topological polar surface area (TPSA) is 54.4 Å². The zero-order valence-electron chi connectivity index (χ0n) is 5.46. The number of hydrogen-bond donors (Lipinski definition) is 1. The van der Waals surface area contributed by atoms with Gasteiger partial charge in [0, 0.05) is 4.43 Å². The minimum atomic E-state index is -3.68. The van der Waals surface area contributed by atoms with Gasteiger partial charge in [-0.1, -0.05) is 22.6 Å². The van der Waals surface area contributed by atoms with Crippen LogP contribution in [0.3, 0.4) is 0 Å². The number of hydrogen-bond acceptors (Lipinski definition) is 2. The van der Waals surface area contributed by atoms with Crippen molar-refractivity contribution in [3.8, 4) is 0 Å². The first-order chi connectivity index (χ1) is 3.06. The fourth-order valence-electron chi connectivity index (χ4n) is 0.0975. The van der Waals surface area contributed by atoms with Gasteiger partial charge in [-0.25, -0.2) is 0 Å². The molecule has 0 bridgehead atoms. The van der Waals surface area contributed by atoms with E-state index < -0.39 is 10.1 Å². The van der Waals surface area contributed by atoms with Gasteiger partial charge < -0.3 is 1.43 Å². The van der Waals surface area contributed by atoms with Crippen LogP contribution in [0.4, 0.5) is 0 Å². The third-order valence-corrected chi connectivity index (χ3v) is 2.33. The van der Waals surface area contributed by atoms with Crippen molar-refractivity contribution in [1.82, 2.24) is 0 Å². The second-order valence-corrected chi connectivity index (χ2v) is 3.63. The average Bonchev–Trinajstić information content (AvgIpc) is 1.30. The van der Waals surface area contributed by atoms with Crippen molar-refractivity contribution < 1.29 is 65.8 Å². The van der Waals surface area contributed by atoms with Gasteiger partial charge in [0.1, 0.15) is 0 Å². The summed E-state index contributed by atoms with van der Waals surface area (Å²) in [5, 5.41) is 0. The summed E-state index contributed by atoms with van der Waals surface area (Å²) in [6, 6.07) is 0. The first-order valence-electron chi connectivity index (χ1n) is 1.57. The van der Waals surface area contributed by atoms with E-state index in [0.29, 0.717) is 4.43 Å². The van der Waals surface area contributed by atoms with Crippen molar-refractivity contribution in [2.24, 2.45) is 0 Å². The maximum atomic E-state index is 9.78. The van der Waals surface area contributed by atoms with Gasteiger partial charge in [0.25, 0.3) is 10.1 Å². The predicted molar refractivity (Wildman–Crippen MR) is 36.4 cm³/mol. The number of alkyl halides is 1. The fraction of sp³-hybridized carbons (Fsp3) is 1.00. The van der Waals surface area contributed by atoms with E-state index in [2.05, 4.69) is 0 Å². The van der Waals surface area contributed by atoms with Crippen LogP contribution in [0.1, 0.15) is 1.43 Å². The molecule has 0 aromatic carbocycles. The summed E-state index contributed by atoms with van der Waals surface area (Å²) < 4.78 is 28.0. The summed E-state index contributed by atoms with van der Waals surface area (Å²) >= 11 is 1.87. The van der Waals surface area contributed by atoms with Crippen molar-refractivity contribution in [3.05, 3.63) is 0 Å². The van der Waals surface area contributed by atoms with Gasteiger partial charge in [0.2, 0.25) is 0 Å². The minimum absolute atomic E-state index is 0. The Bertz CT molecular complexity index is 135. The van der Waals surface area contributed by atoms with Crippen LogP contribution in [0.5, 0.6) is 0 Å². The van der Waals surface area contributed by atoms with E-state index in [0.717, 1.165) is 0 Å². The van der Waals surface area contributed by atoms with Crippen molar-refractivity contribution >= 4 is 32.7 Å². The van der Waals surface area contributed by atoms with Gasteiger partial charge in [0.15, 0.2) is 0 Å². The Morgan fingerprint density at radius 2 is 2.00 bits per heavy atom. The molecule has 0 aromatic rings. The molecule has 8 heavy (non-hydrogen) atoms. The summed E-state index contributed by atoms with van der Waals surface area (Å²) in [7, 11) is -3.68. The Balaban J connectivity index is -0.000000180. The fourth-order valence-corrected chi connectivity index (χ4v) is 1.96. The van der Waals surface area contributed by atoms with Crippen molar-refractivity contribution in [1.29, 1.82) is 0 Å². The molecule has 0 radical (unpaired) electrons. The first kappa shape index (κ1) is 12.9. The molecule has 0 amide bonds. The van der Waals surface area contributed by atoms with E-state index in [-0.39, 0.29) is 58.6 Å². The SMILES string of the molecule is O=S(=O)(O)CCI.[H-].[K+]. The van der Waals surface area contributed by atoms with E-state index in [1.165, 1.54) is 0 Å². The molecule has 3 nitrogen and oxygen atoms in total. The molecule has 0 aromatic heterocycles. The molecular formula is C2H6IKO3S. The second kappa shape index (κ2) is 6.02. The summed E-state index contributed by atoms with van der Waals surface area (Å²) in [5.41, 5.74) is 0. The van der Waals surface area contributed by atoms with Crippen LogP contribution in [-0.4, -0.2) is 23.2 Å². The minimum Gasteiger partial charge on any atom is -1.00 e. The predicted octanol–water partition coefficient (Wildman–Crippen LogP) is -2.57. The van der Waals surface area contributed by atoms with Gasteiger partial charge in [-0.2, -0.15) is 8.42 Å². The van der Waals surface area contributed by atoms with Crippen molar-refractivity contribution in [3.63, 3.8) is 0 Å². The molecule has 46 valence electrons. The first-order valence-corrected chi connectivity index (χ1v) is 4.71. The van der Waals surface area contributed by atoms with Crippen LogP contribution in [0.15, 0.2) is 0 Å². The van der Waals surface area contributed by atoms with Crippen molar-refractivity contribution in [2.75, 3.05) is 10.2 Å². The largest absolute Gasteiger partial charge is 1.00 e. The Morgan fingerprint density at radius 1 is 1.62 bits per heavy atom. The van der Waals surface area contributed by atoms with E-state index in [1.54, 1.807) is 0 Å². The number of halogens is 1. The summed E-state index contributed by atoms with van der Waals surface area (Å²) in [5.74, 6) is -0.145. The van der Waals surface area contributed by atoms with E-state index in [9.17, 15) is 8.42 Å². The Morgan fingerprint density at radius 3 is 2.00 bits per heavy atom. The van der Waals surface area contributed by atoms with Crippen LogP contribution < -0.4 is 51.4 Å². The second-order valence-electron chi connectivity index (χ2n) is 0.975. The van der Waals surface area contributed by atoms with Gasteiger partial charge in [-0.3, -0.25) is 4.55 Å². The van der Waals surface area contributed by atoms with E-state index >= 15 is 0 Å². The van der Waals surface area contributed by atoms with E-state index in [1.807, 2.05) is 22.6 Å². The molecule has 0 aliphatic rings. The molecule has 0 fully saturated rings. The number of rotatable bonds is 2. The Hall–Kier alpha value is 2.28. The average molecular weight is 276 g/mol. The normalized spacial score (nSPS) is 10.2. The molecule has 0 saturated carbocycles. The third kappa shape index (κ3) is 11.1. The zero-order valence-corrected chi connectivity index (χ0v) is 10.6. The maximum Gasteiger partial charge on any atom is 1.00 e. The molecule has 0 aliphatic carbocycles. The molecule has 0 heterocycles. The maximum absolute atomic E-state index is 9.78. The van der Waals surface area contributed by atoms with Gasteiger partial charge >= 0.3 is 51.4 Å². The zero-order chi connectivity index (χ0) is 5.91. The summed E-state index contributed by atoms with van der Waals surface area (Å²) in [6.45, 7) is 0. The smallest absolute Gasteiger partial charge is 1.00 e. The molecule has 0 atom stereocenters. The van der Waals surface area contributed by atoms with Gasteiger partial charge in [-0.15, -0.1) is 0 Å². The Labute approximate surface area is 106 Å². The third-order valence-electron chi connectivity index (χ3n) is 0.335. The standard InChI is InChI=1S/C2H5IO3S.K.H/c3-1-2-7(4,5)6;;/h1-2H2,(H,4,5,6);;/q;+1;-1. The molecule has 0 saturated heterocycles. The molecule has 6 heteroatoms. The van der Waals surface area contributed by atoms with Gasteiger partial charge in [-0.05, 0) is 0 Å². The monoisotopic (exact) mass is 276 g/mol. The molecule has 0 unspecified atom stereocenters. The Kier molecular flexibility index (Phi) is 9.71. The summed E-state index contributed by atoms with van der Waals surface area (Å²) in [4.78, 5) is 0. The van der Waals surface area contributed by atoms with E-state index in [4.69, 9.17) is 4.55 Å².